The van der Waals surface area contributed by atoms with Gasteiger partial charge in [0.25, 0.3) is 5.91 Å². The number of fused-ring (bicyclic) bond motifs is 2. The maximum atomic E-state index is 13.8. The minimum Gasteiger partial charge on any atom is -0.354 e. The number of hydrogen-bond donors (Lipinski definition) is 1. The maximum absolute atomic E-state index is 13.8. The van der Waals surface area contributed by atoms with Crippen LogP contribution in [0.25, 0.3) is 33.3 Å². The molecule has 0 radical (unpaired) electrons. The van der Waals surface area contributed by atoms with Gasteiger partial charge in [-0.2, -0.15) is 0 Å². The third kappa shape index (κ3) is 3.12. The zero-order chi connectivity index (χ0) is 23.4. The number of benzene rings is 3. The van der Waals surface area contributed by atoms with Crippen LogP contribution >= 0.6 is 0 Å². The smallest absolute Gasteiger partial charge is 0.259 e. The summed E-state index contributed by atoms with van der Waals surface area (Å²) in [7, 11) is 0. The van der Waals surface area contributed by atoms with Gasteiger partial charge in [0.05, 0.1) is 6.54 Å². The molecule has 0 saturated carbocycles. The van der Waals surface area contributed by atoms with Crippen LogP contribution in [-0.2, 0) is 6.54 Å². The lowest BCUT2D eigenvalue weighted by Gasteiger charge is -2.21. The zero-order valence-corrected chi connectivity index (χ0v) is 18.9. The van der Waals surface area contributed by atoms with Crippen LogP contribution in [0.4, 0.5) is 10.1 Å². The van der Waals surface area contributed by atoms with Crippen LogP contribution in [-0.4, -0.2) is 15.9 Å². The summed E-state index contributed by atoms with van der Waals surface area (Å²) >= 11 is 0. The molecule has 1 aliphatic heterocycles. The molecule has 0 spiro atoms. The van der Waals surface area contributed by atoms with Crippen molar-refractivity contribution in [2.24, 2.45) is 0 Å². The SMILES string of the molecule is Cc1c(-c2ccc(C)c3[nH]c(-c4cccnc4)cc23)cccc1N1Cc2ccc(F)cc2C1=O. The number of carbonyl (C=O) groups excluding carboxylic acids is 1. The number of carbonyl (C=O) groups is 1. The fraction of sp³-hybridized carbons (Fsp3) is 0.103. The number of aryl methyl sites for hydroxylation is 1. The van der Waals surface area contributed by atoms with Crippen LogP contribution in [0.3, 0.4) is 0 Å². The van der Waals surface area contributed by atoms with Crippen molar-refractivity contribution in [2.75, 3.05) is 4.90 Å². The second-order valence-electron chi connectivity index (χ2n) is 8.79. The van der Waals surface area contributed by atoms with Crippen molar-refractivity contribution in [3.8, 4) is 22.4 Å². The molecule has 3 aromatic carbocycles. The third-order valence-corrected chi connectivity index (χ3v) is 6.74. The fourth-order valence-corrected chi connectivity index (χ4v) is 4.95. The largest absolute Gasteiger partial charge is 0.354 e. The quantitative estimate of drug-likeness (QED) is 0.330. The van der Waals surface area contributed by atoms with Gasteiger partial charge in [-0.05, 0) is 78.1 Å². The summed E-state index contributed by atoms with van der Waals surface area (Å²) in [6, 6.07) is 20.9. The highest BCUT2D eigenvalue weighted by Crippen LogP contribution is 2.39. The number of hydrogen-bond acceptors (Lipinski definition) is 2. The Hall–Kier alpha value is -4.25. The molecule has 2 aromatic heterocycles. The number of pyridine rings is 1. The number of halogens is 1. The first-order valence-corrected chi connectivity index (χ1v) is 11.2. The van der Waals surface area contributed by atoms with Gasteiger partial charge in [0.1, 0.15) is 5.82 Å². The number of nitrogens with zero attached hydrogens (tertiary/aromatic N) is 2. The number of amides is 1. The molecular weight excluding hydrogens is 425 g/mol. The Morgan fingerprint density at radius 2 is 1.82 bits per heavy atom. The molecule has 0 unspecified atom stereocenters. The zero-order valence-electron chi connectivity index (χ0n) is 18.9. The Labute approximate surface area is 196 Å². The topological polar surface area (TPSA) is 49.0 Å². The van der Waals surface area contributed by atoms with E-state index >= 15 is 0 Å². The molecule has 0 bridgehead atoms. The Morgan fingerprint density at radius 1 is 0.941 bits per heavy atom. The van der Waals surface area contributed by atoms with Crippen LogP contribution in [0.5, 0.6) is 0 Å². The first-order valence-electron chi connectivity index (χ1n) is 11.2. The van der Waals surface area contributed by atoms with E-state index in [2.05, 4.69) is 41.2 Å². The predicted octanol–water partition coefficient (Wildman–Crippen LogP) is 6.81. The van der Waals surface area contributed by atoms with Gasteiger partial charge in [0.15, 0.2) is 0 Å². The third-order valence-electron chi connectivity index (χ3n) is 6.74. The van der Waals surface area contributed by atoms with E-state index in [1.54, 1.807) is 17.2 Å². The summed E-state index contributed by atoms with van der Waals surface area (Å²) in [5.74, 6) is -0.553. The van der Waals surface area contributed by atoms with Crippen molar-refractivity contribution >= 4 is 22.5 Å². The Balaban J connectivity index is 1.48. The molecule has 4 nitrogen and oxygen atoms in total. The van der Waals surface area contributed by atoms with Crippen molar-refractivity contribution in [1.29, 1.82) is 0 Å². The molecule has 6 rings (SSSR count). The standard InChI is InChI=1S/C29H22FN3O/c1-17-8-11-23(25-14-26(32-28(17)25)19-5-4-12-31-15-19)22-6-3-7-27(18(22)2)33-16-20-9-10-21(30)13-24(20)29(33)34/h3-15,32H,16H2,1-2H3. The van der Waals surface area contributed by atoms with E-state index in [0.29, 0.717) is 12.1 Å². The van der Waals surface area contributed by atoms with E-state index in [4.69, 9.17) is 0 Å². The van der Waals surface area contributed by atoms with Crippen molar-refractivity contribution in [1.82, 2.24) is 9.97 Å². The Morgan fingerprint density at radius 3 is 2.65 bits per heavy atom. The molecule has 3 heterocycles. The summed E-state index contributed by atoms with van der Waals surface area (Å²) < 4.78 is 13.8. The lowest BCUT2D eigenvalue weighted by molar-refractivity contribution is 0.0996. The average Bonchev–Trinajstić information content (AvgIpc) is 3.43. The number of anilines is 1. The molecule has 166 valence electrons. The van der Waals surface area contributed by atoms with Gasteiger partial charge in [0, 0.05) is 45.8 Å². The molecule has 5 heteroatoms. The second-order valence-corrected chi connectivity index (χ2v) is 8.79. The number of aromatic nitrogens is 2. The summed E-state index contributed by atoms with van der Waals surface area (Å²) in [5.41, 5.74) is 9.60. The number of rotatable bonds is 3. The van der Waals surface area contributed by atoms with E-state index < -0.39 is 5.82 Å². The molecule has 0 atom stereocenters. The van der Waals surface area contributed by atoms with Crippen LogP contribution in [0.15, 0.2) is 79.1 Å². The Kier molecular flexibility index (Phi) is 4.59. The van der Waals surface area contributed by atoms with Crippen LogP contribution in [0.1, 0.15) is 27.0 Å². The molecular formula is C29H22FN3O. The second kappa shape index (κ2) is 7.66. The van der Waals surface area contributed by atoms with Crippen LogP contribution < -0.4 is 4.90 Å². The average molecular weight is 448 g/mol. The highest BCUT2D eigenvalue weighted by Gasteiger charge is 2.30. The molecule has 5 aromatic rings. The lowest BCUT2D eigenvalue weighted by Crippen LogP contribution is -2.24. The summed E-state index contributed by atoms with van der Waals surface area (Å²) in [4.78, 5) is 22.7. The number of H-pyrrole nitrogens is 1. The van der Waals surface area contributed by atoms with E-state index in [-0.39, 0.29) is 5.91 Å². The summed E-state index contributed by atoms with van der Waals surface area (Å²) in [6.45, 7) is 4.58. The van der Waals surface area contributed by atoms with E-state index in [1.165, 1.54) is 12.1 Å². The van der Waals surface area contributed by atoms with Crippen molar-refractivity contribution in [3.63, 3.8) is 0 Å². The molecule has 1 aliphatic rings. The van der Waals surface area contributed by atoms with Crippen molar-refractivity contribution in [3.05, 3.63) is 107 Å². The molecule has 34 heavy (non-hydrogen) atoms. The Bertz CT molecular complexity index is 1590. The van der Waals surface area contributed by atoms with E-state index in [1.807, 2.05) is 37.4 Å². The van der Waals surface area contributed by atoms with Gasteiger partial charge in [-0.25, -0.2) is 4.39 Å². The lowest BCUT2D eigenvalue weighted by atomic mass is 9.94. The normalized spacial score (nSPS) is 13.0. The number of aromatic amines is 1. The molecule has 1 N–H and O–H groups in total. The monoisotopic (exact) mass is 447 g/mol. The summed E-state index contributed by atoms with van der Waals surface area (Å²) in [5, 5.41) is 1.12. The number of nitrogens with one attached hydrogen (secondary N) is 1. The highest BCUT2D eigenvalue weighted by atomic mass is 19.1. The van der Waals surface area contributed by atoms with Gasteiger partial charge in [-0.1, -0.05) is 30.3 Å². The van der Waals surface area contributed by atoms with E-state index in [9.17, 15) is 9.18 Å². The van der Waals surface area contributed by atoms with E-state index in [0.717, 1.165) is 55.7 Å². The fourth-order valence-electron chi connectivity index (χ4n) is 4.95. The van der Waals surface area contributed by atoms with Gasteiger partial charge in [-0.3, -0.25) is 9.78 Å². The molecule has 1 amide bonds. The predicted molar refractivity (Wildman–Crippen MR) is 133 cm³/mol. The maximum Gasteiger partial charge on any atom is 0.259 e. The highest BCUT2D eigenvalue weighted by molar-refractivity contribution is 6.11. The van der Waals surface area contributed by atoms with Gasteiger partial charge >= 0.3 is 0 Å². The van der Waals surface area contributed by atoms with Gasteiger partial charge in [0.2, 0.25) is 0 Å². The van der Waals surface area contributed by atoms with Gasteiger partial charge in [-0.15, -0.1) is 0 Å². The van der Waals surface area contributed by atoms with Gasteiger partial charge < -0.3 is 9.88 Å². The van der Waals surface area contributed by atoms with Crippen molar-refractivity contribution in [2.45, 2.75) is 20.4 Å². The molecule has 0 aliphatic carbocycles. The minimum absolute atomic E-state index is 0.163. The first-order chi connectivity index (χ1) is 16.5. The first kappa shape index (κ1) is 20.4. The molecule has 0 fully saturated rings. The van der Waals surface area contributed by atoms with Crippen molar-refractivity contribution < 1.29 is 9.18 Å². The van der Waals surface area contributed by atoms with Crippen LogP contribution in [0.2, 0.25) is 0 Å². The minimum atomic E-state index is -0.390. The summed E-state index contributed by atoms with van der Waals surface area (Å²) in [6.07, 6.45) is 3.62. The molecule has 0 saturated heterocycles. The van der Waals surface area contributed by atoms with Crippen LogP contribution in [0, 0.1) is 19.7 Å².